The number of hydrogen-bond acceptors (Lipinski definition) is 4. The van der Waals surface area contributed by atoms with Gasteiger partial charge in [-0.1, -0.05) is 11.3 Å². The Hall–Kier alpha value is -2.28. The minimum Gasteiger partial charge on any atom is -0.382 e. The normalized spacial score (nSPS) is 19.8. The van der Waals surface area contributed by atoms with Crippen LogP contribution in [0.1, 0.15) is 40.6 Å². The van der Waals surface area contributed by atoms with Crippen molar-refractivity contribution in [2.45, 2.75) is 31.8 Å². The summed E-state index contributed by atoms with van der Waals surface area (Å²) in [6.07, 6.45) is 3.21. The van der Waals surface area contributed by atoms with Crippen LogP contribution in [0.15, 0.2) is 24.3 Å². The smallest absolute Gasteiger partial charge is 0.254 e. The minimum absolute atomic E-state index is 0.205. The molecule has 4 rings (SSSR count). The fourth-order valence-electron chi connectivity index (χ4n) is 3.44. The zero-order valence-electron chi connectivity index (χ0n) is 14.2. The molecule has 132 valence electrons. The molecule has 1 amide bonds. The van der Waals surface area contributed by atoms with Crippen molar-refractivity contribution in [3.8, 4) is 0 Å². The lowest BCUT2D eigenvalue weighted by Crippen LogP contribution is -2.42. The van der Waals surface area contributed by atoms with Crippen molar-refractivity contribution in [2.75, 3.05) is 20.3 Å². The van der Waals surface area contributed by atoms with E-state index in [2.05, 4.69) is 10.3 Å². The van der Waals surface area contributed by atoms with Gasteiger partial charge in [0.25, 0.3) is 5.91 Å². The largest absolute Gasteiger partial charge is 0.382 e. The van der Waals surface area contributed by atoms with Crippen LogP contribution in [0.2, 0.25) is 0 Å². The van der Waals surface area contributed by atoms with Gasteiger partial charge in [0.1, 0.15) is 17.6 Å². The number of fused-ring (bicyclic) bond motifs is 1. The van der Waals surface area contributed by atoms with Gasteiger partial charge in [0.2, 0.25) is 0 Å². The van der Waals surface area contributed by atoms with E-state index >= 15 is 0 Å². The number of halogens is 1. The van der Waals surface area contributed by atoms with Gasteiger partial charge in [0, 0.05) is 32.2 Å². The van der Waals surface area contributed by atoms with Crippen LogP contribution in [-0.2, 0) is 17.7 Å². The molecule has 2 aliphatic rings. The Kier molecular flexibility index (Phi) is 4.25. The second kappa shape index (κ2) is 6.55. The average molecular weight is 344 g/mol. The van der Waals surface area contributed by atoms with E-state index in [0.717, 1.165) is 17.9 Å². The monoisotopic (exact) mass is 344 g/mol. The van der Waals surface area contributed by atoms with E-state index in [1.165, 1.54) is 25.0 Å². The zero-order chi connectivity index (χ0) is 17.4. The molecule has 1 aliphatic heterocycles. The summed E-state index contributed by atoms with van der Waals surface area (Å²) >= 11 is 0. The molecule has 1 aliphatic carbocycles. The van der Waals surface area contributed by atoms with Crippen LogP contribution in [-0.4, -0.2) is 46.1 Å². The standard InChI is InChI=1S/C18H21FN4O2/c1-25-11-16-17-15(23(21-20-17)10-12-5-6-12)7-8-22(16)18(24)13-3-2-4-14(19)9-13/h2-4,9,12,16H,5-8,10-11H2,1H3. The van der Waals surface area contributed by atoms with Gasteiger partial charge in [-0.15, -0.1) is 5.10 Å². The molecular formula is C18H21FN4O2. The van der Waals surface area contributed by atoms with Crippen molar-refractivity contribution >= 4 is 5.91 Å². The molecule has 1 aromatic carbocycles. The third-order valence-corrected chi connectivity index (χ3v) is 4.93. The fraction of sp³-hybridized carbons (Fsp3) is 0.500. The first-order valence-electron chi connectivity index (χ1n) is 8.65. The zero-order valence-corrected chi connectivity index (χ0v) is 14.2. The Morgan fingerprint density at radius 3 is 2.96 bits per heavy atom. The number of amides is 1. The molecule has 1 aromatic heterocycles. The van der Waals surface area contributed by atoms with Crippen molar-refractivity contribution < 1.29 is 13.9 Å². The summed E-state index contributed by atoms with van der Waals surface area (Å²) < 4.78 is 20.8. The highest BCUT2D eigenvalue weighted by Crippen LogP contribution is 2.34. The maximum atomic E-state index is 13.5. The highest BCUT2D eigenvalue weighted by molar-refractivity contribution is 5.94. The first-order chi connectivity index (χ1) is 12.2. The van der Waals surface area contributed by atoms with Crippen LogP contribution in [0.5, 0.6) is 0 Å². The first-order valence-corrected chi connectivity index (χ1v) is 8.65. The van der Waals surface area contributed by atoms with Crippen molar-refractivity contribution in [2.24, 2.45) is 5.92 Å². The Morgan fingerprint density at radius 1 is 1.40 bits per heavy atom. The molecule has 1 saturated carbocycles. The summed E-state index contributed by atoms with van der Waals surface area (Å²) in [6.45, 7) is 1.80. The highest BCUT2D eigenvalue weighted by Gasteiger charge is 2.36. The van der Waals surface area contributed by atoms with Crippen molar-refractivity contribution in [3.63, 3.8) is 0 Å². The summed E-state index contributed by atoms with van der Waals surface area (Å²) in [4.78, 5) is 14.6. The topological polar surface area (TPSA) is 60.3 Å². The molecule has 0 N–H and O–H groups in total. The summed E-state index contributed by atoms with van der Waals surface area (Å²) in [5.41, 5.74) is 2.24. The van der Waals surface area contributed by atoms with Crippen LogP contribution in [0.25, 0.3) is 0 Å². The number of carbonyl (C=O) groups excluding carboxylic acids is 1. The van der Waals surface area contributed by atoms with Crippen LogP contribution in [0, 0.1) is 11.7 Å². The number of benzene rings is 1. The van der Waals surface area contributed by atoms with Gasteiger partial charge in [-0.25, -0.2) is 9.07 Å². The van der Waals surface area contributed by atoms with Gasteiger partial charge in [-0.3, -0.25) is 4.79 Å². The molecule has 0 saturated heterocycles. The van der Waals surface area contributed by atoms with Gasteiger partial charge in [0.05, 0.1) is 12.3 Å². The molecule has 0 bridgehead atoms. The second-order valence-corrected chi connectivity index (χ2v) is 6.78. The molecule has 1 unspecified atom stereocenters. The third kappa shape index (κ3) is 3.16. The van der Waals surface area contributed by atoms with Crippen molar-refractivity contribution in [1.29, 1.82) is 0 Å². The predicted octanol–water partition coefficient (Wildman–Crippen LogP) is 2.21. The molecular weight excluding hydrogens is 323 g/mol. The predicted molar refractivity (Wildman–Crippen MR) is 88.5 cm³/mol. The SMILES string of the molecule is COCC1c2nnn(CC3CC3)c2CCN1C(=O)c1cccc(F)c1. The first kappa shape index (κ1) is 16.2. The quantitative estimate of drug-likeness (QED) is 0.834. The van der Waals surface area contributed by atoms with E-state index < -0.39 is 5.82 Å². The lowest BCUT2D eigenvalue weighted by Gasteiger charge is -2.34. The average Bonchev–Trinajstić information content (AvgIpc) is 3.34. The van der Waals surface area contributed by atoms with Gasteiger partial charge >= 0.3 is 0 Å². The number of carbonyl (C=O) groups is 1. The van der Waals surface area contributed by atoms with Gasteiger partial charge in [-0.05, 0) is 37.0 Å². The van der Waals surface area contributed by atoms with Crippen LogP contribution >= 0.6 is 0 Å². The molecule has 1 fully saturated rings. The van der Waals surface area contributed by atoms with Gasteiger partial charge < -0.3 is 9.64 Å². The number of methoxy groups -OCH3 is 1. The van der Waals surface area contributed by atoms with Crippen molar-refractivity contribution in [1.82, 2.24) is 19.9 Å². The molecule has 2 aromatic rings. The maximum Gasteiger partial charge on any atom is 0.254 e. The Labute approximate surface area is 145 Å². The third-order valence-electron chi connectivity index (χ3n) is 4.93. The van der Waals surface area contributed by atoms with Crippen LogP contribution in [0.4, 0.5) is 4.39 Å². The van der Waals surface area contributed by atoms with E-state index in [1.54, 1.807) is 24.1 Å². The Bertz CT molecular complexity index is 787. The van der Waals surface area contributed by atoms with Crippen LogP contribution in [0.3, 0.4) is 0 Å². The minimum atomic E-state index is -0.415. The molecule has 0 spiro atoms. The molecule has 7 heteroatoms. The van der Waals surface area contributed by atoms with Crippen molar-refractivity contribution in [3.05, 3.63) is 47.0 Å². The molecule has 25 heavy (non-hydrogen) atoms. The molecule has 1 atom stereocenters. The van der Waals surface area contributed by atoms with E-state index in [1.807, 2.05) is 4.68 Å². The number of ether oxygens (including phenoxy) is 1. The van der Waals surface area contributed by atoms with E-state index in [0.29, 0.717) is 31.1 Å². The number of aromatic nitrogens is 3. The van der Waals surface area contributed by atoms with Gasteiger partial charge in [0.15, 0.2) is 0 Å². The number of nitrogens with zero attached hydrogens (tertiary/aromatic N) is 4. The Morgan fingerprint density at radius 2 is 2.24 bits per heavy atom. The summed E-state index contributed by atoms with van der Waals surface area (Å²) in [5.74, 6) is 0.0878. The lowest BCUT2D eigenvalue weighted by molar-refractivity contribution is 0.0490. The van der Waals surface area contributed by atoms with Crippen LogP contribution < -0.4 is 0 Å². The maximum absolute atomic E-state index is 13.5. The number of hydrogen-bond donors (Lipinski definition) is 0. The van der Waals surface area contributed by atoms with Gasteiger partial charge in [-0.2, -0.15) is 0 Å². The lowest BCUT2D eigenvalue weighted by atomic mass is 10.0. The summed E-state index contributed by atoms with van der Waals surface area (Å²) in [5, 5.41) is 8.65. The highest BCUT2D eigenvalue weighted by atomic mass is 19.1. The molecule has 0 radical (unpaired) electrons. The van der Waals surface area contributed by atoms with E-state index in [-0.39, 0.29) is 11.9 Å². The fourth-order valence-corrected chi connectivity index (χ4v) is 3.44. The summed E-state index contributed by atoms with van der Waals surface area (Å²) in [7, 11) is 1.60. The van der Waals surface area contributed by atoms with E-state index in [4.69, 9.17) is 4.74 Å². The molecule has 6 nitrogen and oxygen atoms in total. The van der Waals surface area contributed by atoms with E-state index in [9.17, 15) is 9.18 Å². The second-order valence-electron chi connectivity index (χ2n) is 6.78. The number of rotatable bonds is 5. The molecule has 2 heterocycles. The Balaban J connectivity index is 1.62. The summed E-state index contributed by atoms with van der Waals surface area (Å²) in [6, 6.07) is 5.49.